The largest absolute Gasteiger partial charge is 0.508 e. The molecule has 0 aliphatic heterocycles. The zero-order valence-electron chi connectivity index (χ0n) is 11.9. The van der Waals surface area contributed by atoms with Crippen LogP contribution < -0.4 is 5.32 Å². The van der Waals surface area contributed by atoms with Crippen molar-refractivity contribution in [3.63, 3.8) is 0 Å². The Balaban J connectivity index is 1.66. The van der Waals surface area contributed by atoms with E-state index in [2.05, 4.69) is 15.5 Å². The maximum absolute atomic E-state index is 10.8. The van der Waals surface area contributed by atoms with E-state index in [4.69, 9.17) is 9.52 Å². The highest BCUT2D eigenvalue weighted by molar-refractivity contribution is 5.87. The van der Waals surface area contributed by atoms with E-state index < -0.39 is 5.97 Å². The van der Waals surface area contributed by atoms with E-state index in [0.29, 0.717) is 18.0 Å². The van der Waals surface area contributed by atoms with E-state index in [-0.39, 0.29) is 17.3 Å². The summed E-state index contributed by atoms with van der Waals surface area (Å²) in [5, 5.41) is 29.0. The molecule has 3 N–H and O–H groups in total. The van der Waals surface area contributed by atoms with Gasteiger partial charge in [-0.05, 0) is 35.9 Å². The van der Waals surface area contributed by atoms with Crippen LogP contribution in [0.3, 0.4) is 0 Å². The number of anilines is 1. The quantitative estimate of drug-likeness (QED) is 0.664. The molecule has 0 bridgehead atoms. The minimum atomic E-state index is -0.961. The minimum absolute atomic E-state index is 0.119. The fraction of sp³-hybridized carbons (Fsp3) is 0.0625. The Kier molecular flexibility index (Phi) is 3.92. The number of carbonyl (C=O) groups is 1. The average molecular weight is 311 g/mol. The number of carboxylic acids is 1. The molecule has 0 atom stereocenters. The molecule has 0 spiro atoms. The van der Waals surface area contributed by atoms with Crippen LogP contribution in [0.1, 0.15) is 15.9 Å². The second kappa shape index (κ2) is 6.18. The van der Waals surface area contributed by atoms with Gasteiger partial charge < -0.3 is 19.9 Å². The van der Waals surface area contributed by atoms with Gasteiger partial charge in [-0.15, -0.1) is 5.10 Å². The molecule has 0 amide bonds. The van der Waals surface area contributed by atoms with Gasteiger partial charge in [0.25, 0.3) is 0 Å². The third-order valence-corrected chi connectivity index (χ3v) is 3.16. The standard InChI is InChI=1S/C16H13N3O4/c20-13-3-1-2-12(8-13)14-18-19-16(23-14)17-9-10-4-6-11(7-5-10)15(21)22/h1-8,20H,9H2,(H,17,19)(H,21,22). The Hall–Kier alpha value is -3.35. The van der Waals surface area contributed by atoms with Gasteiger partial charge in [0.2, 0.25) is 5.89 Å². The van der Waals surface area contributed by atoms with Gasteiger partial charge in [-0.3, -0.25) is 0 Å². The maximum atomic E-state index is 10.8. The molecule has 3 rings (SSSR count). The number of rotatable bonds is 5. The molecule has 116 valence electrons. The Morgan fingerprint density at radius 2 is 1.91 bits per heavy atom. The zero-order valence-corrected chi connectivity index (χ0v) is 11.9. The van der Waals surface area contributed by atoms with Crippen molar-refractivity contribution in [2.45, 2.75) is 6.54 Å². The van der Waals surface area contributed by atoms with Crippen LogP contribution >= 0.6 is 0 Å². The summed E-state index contributed by atoms with van der Waals surface area (Å²) in [7, 11) is 0. The SMILES string of the molecule is O=C(O)c1ccc(CNc2nnc(-c3cccc(O)c3)o2)cc1. The van der Waals surface area contributed by atoms with E-state index >= 15 is 0 Å². The number of phenolic OH excluding ortho intramolecular Hbond substituents is 1. The monoisotopic (exact) mass is 311 g/mol. The van der Waals surface area contributed by atoms with Crippen LogP contribution in [-0.4, -0.2) is 26.4 Å². The lowest BCUT2D eigenvalue weighted by Crippen LogP contribution is -2.01. The highest BCUT2D eigenvalue weighted by atomic mass is 16.4. The van der Waals surface area contributed by atoms with Crippen LogP contribution in [0.25, 0.3) is 11.5 Å². The Morgan fingerprint density at radius 1 is 1.13 bits per heavy atom. The normalized spacial score (nSPS) is 10.4. The van der Waals surface area contributed by atoms with Gasteiger partial charge in [0.1, 0.15) is 5.75 Å². The Bertz CT molecular complexity index is 827. The molecule has 3 aromatic rings. The number of aromatic carboxylic acids is 1. The minimum Gasteiger partial charge on any atom is -0.508 e. The molecular formula is C16H13N3O4. The Morgan fingerprint density at radius 3 is 2.61 bits per heavy atom. The van der Waals surface area contributed by atoms with E-state index in [1.54, 1.807) is 30.3 Å². The van der Waals surface area contributed by atoms with Crippen molar-refractivity contribution >= 4 is 12.0 Å². The molecule has 0 radical (unpaired) electrons. The summed E-state index contributed by atoms with van der Waals surface area (Å²) in [5.41, 5.74) is 1.74. The smallest absolute Gasteiger partial charge is 0.335 e. The third-order valence-electron chi connectivity index (χ3n) is 3.16. The molecule has 7 nitrogen and oxygen atoms in total. The predicted molar refractivity (Wildman–Crippen MR) is 82.1 cm³/mol. The molecule has 0 saturated carbocycles. The van der Waals surface area contributed by atoms with Crippen molar-refractivity contribution in [3.8, 4) is 17.2 Å². The van der Waals surface area contributed by atoms with Gasteiger partial charge in [-0.2, -0.15) is 0 Å². The molecule has 0 aliphatic rings. The number of aromatic nitrogens is 2. The number of carboxylic acid groups (broad SMARTS) is 1. The highest BCUT2D eigenvalue weighted by Crippen LogP contribution is 2.23. The summed E-state index contributed by atoms with van der Waals surface area (Å²) in [6.07, 6.45) is 0. The second-order valence-electron chi connectivity index (χ2n) is 4.82. The molecule has 0 aliphatic carbocycles. The van der Waals surface area contributed by atoms with Crippen molar-refractivity contribution < 1.29 is 19.4 Å². The molecule has 7 heteroatoms. The van der Waals surface area contributed by atoms with E-state index in [9.17, 15) is 9.90 Å². The summed E-state index contributed by atoms with van der Waals surface area (Å²) >= 11 is 0. The number of nitrogens with one attached hydrogen (secondary N) is 1. The first-order valence-electron chi connectivity index (χ1n) is 6.81. The summed E-state index contributed by atoms with van der Waals surface area (Å²) in [6, 6.07) is 13.3. The fourth-order valence-corrected chi connectivity index (χ4v) is 1.99. The summed E-state index contributed by atoms with van der Waals surface area (Å²) in [6.45, 7) is 0.418. The number of hydrogen-bond donors (Lipinski definition) is 3. The van der Waals surface area contributed by atoms with E-state index in [1.807, 2.05) is 0 Å². The lowest BCUT2D eigenvalue weighted by Gasteiger charge is -2.02. The van der Waals surface area contributed by atoms with Crippen LogP contribution in [0.15, 0.2) is 52.9 Å². The topological polar surface area (TPSA) is 108 Å². The number of benzene rings is 2. The lowest BCUT2D eigenvalue weighted by atomic mass is 10.1. The second-order valence-corrected chi connectivity index (χ2v) is 4.82. The summed E-state index contributed by atoms with van der Waals surface area (Å²) in [5.74, 6) is -0.546. The molecule has 0 saturated heterocycles. The first-order chi connectivity index (χ1) is 11.1. The fourth-order valence-electron chi connectivity index (χ4n) is 1.99. The highest BCUT2D eigenvalue weighted by Gasteiger charge is 2.09. The number of aromatic hydroxyl groups is 1. The van der Waals surface area contributed by atoms with Crippen LogP contribution in [-0.2, 0) is 6.54 Å². The lowest BCUT2D eigenvalue weighted by molar-refractivity contribution is 0.0697. The number of nitrogens with zero attached hydrogens (tertiary/aromatic N) is 2. The third kappa shape index (κ3) is 3.46. The first kappa shape index (κ1) is 14.6. The molecule has 0 unspecified atom stereocenters. The van der Waals surface area contributed by atoms with Gasteiger partial charge in [0.05, 0.1) is 5.56 Å². The van der Waals surface area contributed by atoms with Gasteiger partial charge in [-0.1, -0.05) is 23.3 Å². The summed E-state index contributed by atoms with van der Waals surface area (Å²) < 4.78 is 5.47. The number of hydrogen-bond acceptors (Lipinski definition) is 6. The molecule has 23 heavy (non-hydrogen) atoms. The molecule has 1 heterocycles. The molecule has 1 aromatic heterocycles. The molecular weight excluding hydrogens is 298 g/mol. The molecule has 0 fully saturated rings. The number of phenols is 1. The van der Waals surface area contributed by atoms with Crippen LogP contribution in [0, 0.1) is 0 Å². The van der Waals surface area contributed by atoms with Crippen LogP contribution in [0.5, 0.6) is 5.75 Å². The zero-order chi connectivity index (χ0) is 16.2. The van der Waals surface area contributed by atoms with Crippen LogP contribution in [0.2, 0.25) is 0 Å². The van der Waals surface area contributed by atoms with Crippen molar-refractivity contribution in [2.24, 2.45) is 0 Å². The van der Waals surface area contributed by atoms with Gasteiger partial charge in [0.15, 0.2) is 0 Å². The van der Waals surface area contributed by atoms with E-state index in [1.165, 1.54) is 18.2 Å². The van der Waals surface area contributed by atoms with Crippen molar-refractivity contribution in [2.75, 3.05) is 5.32 Å². The average Bonchev–Trinajstić information content (AvgIpc) is 3.02. The van der Waals surface area contributed by atoms with Gasteiger partial charge in [-0.25, -0.2) is 4.79 Å². The van der Waals surface area contributed by atoms with Gasteiger partial charge >= 0.3 is 12.0 Å². The summed E-state index contributed by atoms with van der Waals surface area (Å²) in [4.78, 5) is 10.8. The molecule has 2 aromatic carbocycles. The maximum Gasteiger partial charge on any atom is 0.335 e. The van der Waals surface area contributed by atoms with E-state index in [0.717, 1.165) is 5.56 Å². The first-order valence-corrected chi connectivity index (χ1v) is 6.81. The van der Waals surface area contributed by atoms with Gasteiger partial charge in [0, 0.05) is 12.1 Å². The van der Waals surface area contributed by atoms with Crippen LogP contribution in [0.4, 0.5) is 6.01 Å². The van der Waals surface area contributed by atoms with Crippen molar-refractivity contribution in [1.82, 2.24) is 10.2 Å². The van der Waals surface area contributed by atoms with Crippen molar-refractivity contribution in [3.05, 3.63) is 59.7 Å². The van der Waals surface area contributed by atoms with Crippen molar-refractivity contribution in [1.29, 1.82) is 0 Å². The Labute approximate surface area is 131 Å². The predicted octanol–water partition coefficient (Wildman–Crippen LogP) is 2.75.